The molecular formula is C30H44N2O2S. The molecule has 2 heterocycles. The maximum atomic E-state index is 12.1. The van der Waals surface area contributed by atoms with Crippen molar-refractivity contribution in [3.05, 3.63) is 46.8 Å². The van der Waals surface area contributed by atoms with Gasteiger partial charge in [0.2, 0.25) is 0 Å². The summed E-state index contributed by atoms with van der Waals surface area (Å²) in [6.07, 6.45) is 4.63. The Morgan fingerprint density at radius 2 is 1.63 bits per heavy atom. The average Bonchev–Trinajstić information content (AvgIpc) is 3.26. The number of aromatic nitrogens is 1. The van der Waals surface area contributed by atoms with E-state index in [0.717, 1.165) is 46.8 Å². The number of aliphatic carboxylic acids is 1. The normalized spacial score (nSPS) is 17.0. The van der Waals surface area contributed by atoms with Crippen molar-refractivity contribution in [2.24, 2.45) is 4.99 Å². The molecule has 4 nitrogen and oxygen atoms in total. The van der Waals surface area contributed by atoms with Gasteiger partial charge in [0.25, 0.3) is 0 Å². The molecule has 1 atom stereocenters. The molecule has 5 heteroatoms. The number of benzene rings is 1. The Bertz CT molecular complexity index is 1060. The van der Waals surface area contributed by atoms with Gasteiger partial charge in [-0.15, -0.1) is 0 Å². The molecule has 0 spiro atoms. The summed E-state index contributed by atoms with van der Waals surface area (Å²) >= 11 is 0. The monoisotopic (exact) mass is 496 g/mol. The highest BCUT2D eigenvalue weighted by molar-refractivity contribution is 8.30. The van der Waals surface area contributed by atoms with Gasteiger partial charge in [-0.1, -0.05) is 85.6 Å². The van der Waals surface area contributed by atoms with Gasteiger partial charge in [0.1, 0.15) is 0 Å². The lowest BCUT2D eigenvalue weighted by Gasteiger charge is -2.30. The molecule has 0 saturated heterocycles. The molecule has 1 aliphatic heterocycles. The predicted molar refractivity (Wildman–Crippen MR) is 152 cm³/mol. The molecule has 0 radical (unpaired) electrons. The zero-order chi connectivity index (χ0) is 25.7. The van der Waals surface area contributed by atoms with Crippen molar-refractivity contribution in [3.8, 4) is 11.1 Å². The molecule has 0 aliphatic carbocycles. The van der Waals surface area contributed by atoms with Gasteiger partial charge in [-0.2, -0.15) is 10.9 Å². The lowest BCUT2D eigenvalue weighted by molar-refractivity contribution is -0.136. The van der Waals surface area contributed by atoms with Crippen LogP contribution in [0.25, 0.3) is 11.1 Å². The molecule has 0 amide bonds. The van der Waals surface area contributed by atoms with E-state index >= 15 is 0 Å². The lowest BCUT2D eigenvalue weighted by atomic mass is 9.89. The van der Waals surface area contributed by atoms with Crippen LogP contribution in [0.2, 0.25) is 0 Å². The first kappa shape index (κ1) is 27.4. The van der Waals surface area contributed by atoms with Gasteiger partial charge in [0.15, 0.2) is 0 Å². The number of rotatable bonds is 11. The molecule has 192 valence electrons. The third-order valence-corrected chi connectivity index (χ3v) is 9.45. The van der Waals surface area contributed by atoms with Crippen molar-refractivity contribution < 1.29 is 9.90 Å². The standard InChI is InChI=1S/C30H44N2O2S/c1-8-9-10-11-25-31-16-17-35(25)30-27(23-14-12-22(13-15-23)19(2)3)24(18-26(33)34)28(20(4)5)32-29(30)21(6)7/h12-15,19-21,35H,8-11,16-18H2,1-7H3,(H,33,34). The van der Waals surface area contributed by atoms with Crippen molar-refractivity contribution in [2.45, 2.75) is 103 Å². The minimum atomic E-state index is -0.798. The Morgan fingerprint density at radius 1 is 0.971 bits per heavy atom. The van der Waals surface area contributed by atoms with Gasteiger partial charge in [0.05, 0.1) is 17.2 Å². The van der Waals surface area contributed by atoms with E-state index in [9.17, 15) is 9.90 Å². The highest BCUT2D eigenvalue weighted by Crippen LogP contribution is 2.52. The molecule has 0 saturated carbocycles. The summed E-state index contributed by atoms with van der Waals surface area (Å²) in [5.74, 6) is 1.11. The molecule has 0 bridgehead atoms. The number of pyridine rings is 1. The highest BCUT2D eigenvalue weighted by Gasteiger charge is 2.31. The zero-order valence-electron chi connectivity index (χ0n) is 22.7. The maximum Gasteiger partial charge on any atom is 0.307 e. The van der Waals surface area contributed by atoms with Gasteiger partial charge < -0.3 is 5.11 Å². The van der Waals surface area contributed by atoms with Crippen molar-refractivity contribution >= 4 is 21.9 Å². The van der Waals surface area contributed by atoms with Crippen LogP contribution >= 0.6 is 10.9 Å². The summed E-state index contributed by atoms with van der Waals surface area (Å²) in [4.78, 5) is 23.6. The molecular weight excluding hydrogens is 452 g/mol. The van der Waals surface area contributed by atoms with Gasteiger partial charge in [-0.3, -0.25) is 14.8 Å². The largest absolute Gasteiger partial charge is 0.481 e. The first-order chi connectivity index (χ1) is 16.6. The smallest absolute Gasteiger partial charge is 0.307 e. The predicted octanol–water partition coefficient (Wildman–Crippen LogP) is 8.10. The summed E-state index contributed by atoms with van der Waals surface area (Å²) in [5, 5.41) is 11.3. The van der Waals surface area contributed by atoms with E-state index in [4.69, 9.17) is 9.98 Å². The highest BCUT2D eigenvalue weighted by atomic mass is 32.2. The maximum absolute atomic E-state index is 12.1. The summed E-state index contributed by atoms with van der Waals surface area (Å²) < 4.78 is 0. The van der Waals surface area contributed by atoms with Crippen LogP contribution < -0.4 is 0 Å². The van der Waals surface area contributed by atoms with Crippen LogP contribution in [-0.4, -0.2) is 33.4 Å². The van der Waals surface area contributed by atoms with E-state index in [2.05, 4.69) is 72.7 Å². The SMILES string of the molecule is CCCCCC1=NCC[SH]1c1c(C(C)C)nc(C(C)C)c(CC(=O)O)c1-c1ccc(C(C)C)cc1. The number of nitrogens with zero attached hydrogens (tertiary/aromatic N) is 2. The zero-order valence-corrected chi connectivity index (χ0v) is 23.6. The molecule has 3 rings (SSSR count). The molecule has 35 heavy (non-hydrogen) atoms. The number of carboxylic acids is 1. The van der Waals surface area contributed by atoms with E-state index in [1.54, 1.807) is 0 Å². The lowest BCUT2D eigenvalue weighted by Crippen LogP contribution is -2.15. The van der Waals surface area contributed by atoms with Crippen molar-refractivity contribution in [1.29, 1.82) is 0 Å². The first-order valence-electron chi connectivity index (χ1n) is 13.3. The van der Waals surface area contributed by atoms with Crippen molar-refractivity contribution in [3.63, 3.8) is 0 Å². The molecule has 1 N–H and O–H groups in total. The molecule has 2 aromatic rings. The number of aliphatic imine (C=N–C) groups is 1. The first-order valence-corrected chi connectivity index (χ1v) is 14.9. The summed E-state index contributed by atoms with van der Waals surface area (Å²) in [6, 6.07) is 8.81. The number of hydrogen-bond acceptors (Lipinski definition) is 3. The number of carbonyl (C=O) groups is 1. The Labute approximate surface area is 215 Å². The minimum Gasteiger partial charge on any atom is -0.481 e. The third-order valence-electron chi connectivity index (χ3n) is 6.82. The van der Waals surface area contributed by atoms with E-state index < -0.39 is 16.9 Å². The number of unbranched alkanes of at least 4 members (excludes halogenated alkanes) is 2. The van der Waals surface area contributed by atoms with E-state index in [1.807, 2.05) is 0 Å². The number of hydrogen-bond donors (Lipinski definition) is 2. The minimum absolute atomic E-state index is 0.00135. The van der Waals surface area contributed by atoms with Crippen molar-refractivity contribution in [1.82, 2.24) is 4.98 Å². The molecule has 1 unspecified atom stereocenters. The quantitative estimate of drug-likeness (QED) is 0.244. The summed E-state index contributed by atoms with van der Waals surface area (Å²) in [7, 11) is -0.616. The number of thiol groups is 1. The van der Waals surface area contributed by atoms with Crippen LogP contribution in [0.5, 0.6) is 0 Å². The van der Waals surface area contributed by atoms with Gasteiger partial charge in [-0.25, -0.2) is 0 Å². The van der Waals surface area contributed by atoms with Crippen LogP contribution in [0.3, 0.4) is 0 Å². The fourth-order valence-corrected chi connectivity index (χ4v) is 7.82. The van der Waals surface area contributed by atoms with Gasteiger partial charge in [-0.05, 0) is 47.3 Å². The van der Waals surface area contributed by atoms with E-state index in [1.165, 1.54) is 34.8 Å². The Morgan fingerprint density at radius 3 is 2.17 bits per heavy atom. The average molecular weight is 497 g/mol. The fourth-order valence-electron chi connectivity index (χ4n) is 4.96. The van der Waals surface area contributed by atoms with Crippen molar-refractivity contribution in [2.75, 3.05) is 12.3 Å². The van der Waals surface area contributed by atoms with Crippen LogP contribution in [0, 0.1) is 0 Å². The van der Waals surface area contributed by atoms with Crippen LogP contribution in [0.4, 0.5) is 0 Å². The molecule has 1 aliphatic rings. The fraction of sp³-hybridized carbons (Fsp3) is 0.567. The topological polar surface area (TPSA) is 62.5 Å². The van der Waals surface area contributed by atoms with E-state index in [-0.39, 0.29) is 18.3 Å². The molecule has 1 aromatic heterocycles. The molecule has 0 fully saturated rings. The Balaban J connectivity index is 2.33. The Kier molecular flexibility index (Phi) is 9.57. The second-order valence-corrected chi connectivity index (χ2v) is 12.9. The van der Waals surface area contributed by atoms with Gasteiger partial charge >= 0.3 is 5.97 Å². The third kappa shape index (κ3) is 6.35. The van der Waals surface area contributed by atoms with Crippen LogP contribution in [0.15, 0.2) is 34.2 Å². The number of carboxylic acid groups (broad SMARTS) is 1. The van der Waals surface area contributed by atoms with Crippen LogP contribution in [0.1, 0.15) is 114 Å². The second-order valence-electron chi connectivity index (χ2n) is 10.6. The Hall–Kier alpha value is -2.14. The summed E-state index contributed by atoms with van der Waals surface area (Å²) in [5.41, 5.74) is 6.51. The van der Waals surface area contributed by atoms with Crippen LogP contribution in [-0.2, 0) is 11.2 Å². The van der Waals surface area contributed by atoms with E-state index in [0.29, 0.717) is 5.92 Å². The molecule has 1 aromatic carbocycles. The second kappa shape index (κ2) is 12.2. The summed E-state index contributed by atoms with van der Waals surface area (Å²) in [6.45, 7) is 16.2. The van der Waals surface area contributed by atoms with Gasteiger partial charge in [0, 0.05) is 28.5 Å².